The van der Waals surface area contributed by atoms with E-state index in [1.807, 2.05) is 6.92 Å². The van der Waals surface area contributed by atoms with Gasteiger partial charge in [-0.15, -0.1) is 23.2 Å². The molecule has 0 aromatic heterocycles. The normalized spacial score (nSPS) is 33.2. The summed E-state index contributed by atoms with van der Waals surface area (Å²) < 4.78 is -0.818. The van der Waals surface area contributed by atoms with Crippen LogP contribution in [0.2, 0.25) is 0 Å². The molecule has 1 aliphatic rings. The van der Waals surface area contributed by atoms with Gasteiger partial charge in [0.05, 0.1) is 5.92 Å². The van der Waals surface area contributed by atoms with Crippen molar-refractivity contribution in [3.63, 3.8) is 0 Å². The van der Waals surface area contributed by atoms with Crippen LogP contribution in [0.5, 0.6) is 0 Å². The minimum atomic E-state index is -0.818. The molecule has 1 aliphatic carbocycles. The third-order valence-electron chi connectivity index (χ3n) is 2.12. The zero-order valence-corrected chi connectivity index (χ0v) is 8.28. The van der Waals surface area contributed by atoms with Crippen LogP contribution in [0, 0.1) is 11.8 Å². The third-order valence-corrected chi connectivity index (χ3v) is 3.28. The van der Waals surface area contributed by atoms with Gasteiger partial charge in [-0.3, -0.25) is 4.79 Å². The van der Waals surface area contributed by atoms with Gasteiger partial charge in [0.2, 0.25) is 5.91 Å². The van der Waals surface area contributed by atoms with Crippen LogP contribution in [0.4, 0.5) is 0 Å². The molecule has 0 bridgehead atoms. The molecule has 0 N–H and O–H groups in total. The molecule has 0 heterocycles. The quantitative estimate of drug-likeness (QED) is 0.582. The van der Waals surface area contributed by atoms with E-state index in [1.54, 1.807) is 14.1 Å². The van der Waals surface area contributed by atoms with Crippen molar-refractivity contribution in [2.75, 3.05) is 14.1 Å². The Hall–Kier alpha value is 0.0500. The lowest BCUT2D eigenvalue weighted by Crippen LogP contribution is -2.25. The summed E-state index contributed by atoms with van der Waals surface area (Å²) in [6.07, 6.45) is 0. The minimum absolute atomic E-state index is 0.0162. The van der Waals surface area contributed by atoms with Crippen molar-refractivity contribution in [3.8, 4) is 0 Å². The molecule has 11 heavy (non-hydrogen) atoms. The number of amides is 1. The molecular formula is C7H11Cl2NO. The first-order chi connectivity index (χ1) is 4.89. The van der Waals surface area contributed by atoms with Crippen molar-refractivity contribution in [2.45, 2.75) is 11.3 Å². The molecular weight excluding hydrogens is 185 g/mol. The molecule has 2 unspecified atom stereocenters. The summed E-state index contributed by atoms with van der Waals surface area (Å²) in [5.74, 6) is -0.107. The molecule has 1 saturated carbocycles. The van der Waals surface area contributed by atoms with Gasteiger partial charge in [0, 0.05) is 20.0 Å². The maximum absolute atomic E-state index is 11.3. The summed E-state index contributed by atoms with van der Waals surface area (Å²) in [6, 6.07) is 0. The van der Waals surface area contributed by atoms with E-state index in [0.29, 0.717) is 0 Å². The van der Waals surface area contributed by atoms with E-state index in [9.17, 15) is 4.79 Å². The van der Waals surface area contributed by atoms with Gasteiger partial charge in [-0.1, -0.05) is 6.92 Å². The monoisotopic (exact) mass is 195 g/mol. The predicted molar refractivity (Wildman–Crippen MR) is 45.8 cm³/mol. The van der Waals surface area contributed by atoms with Crippen molar-refractivity contribution in [1.82, 2.24) is 4.90 Å². The van der Waals surface area contributed by atoms with Crippen LogP contribution >= 0.6 is 23.2 Å². The summed E-state index contributed by atoms with van der Waals surface area (Å²) in [5, 5.41) is 0. The first-order valence-electron chi connectivity index (χ1n) is 3.48. The molecule has 1 amide bonds. The van der Waals surface area contributed by atoms with Crippen molar-refractivity contribution in [2.24, 2.45) is 11.8 Å². The summed E-state index contributed by atoms with van der Waals surface area (Å²) in [7, 11) is 3.41. The van der Waals surface area contributed by atoms with E-state index in [0.717, 1.165) is 0 Å². The second-order valence-electron chi connectivity index (χ2n) is 3.17. The number of halogens is 2. The van der Waals surface area contributed by atoms with E-state index in [4.69, 9.17) is 23.2 Å². The standard InChI is InChI=1S/C7H11Cl2NO/c1-4-5(7(4,8)9)6(11)10(2)3/h4-5H,1-3H3. The Morgan fingerprint density at radius 1 is 1.45 bits per heavy atom. The number of carbonyl (C=O) groups is 1. The summed E-state index contributed by atoms with van der Waals surface area (Å²) in [4.78, 5) is 12.8. The molecule has 2 nitrogen and oxygen atoms in total. The van der Waals surface area contributed by atoms with Gasteiger partial charge in [-0.2, -0.15) is 0 Å². The highest BCUT2D eigenvalue weighted by Crippen LogP contribution is 2.59. The molecule has 0 saturated heterocycles. The van der Waals surface area contributed by atoms with Crippen LogP contribution < -0.4 is 0 Å². The minimum Gasteiger partial charge on any atom is -0.348 e. The molecule has 0 aromatic carbocycles. The number of alkyl halides is 2. The Morgan fingerprint density at radius 2 is 1.82 bits per heavy atom. The van der Waals surface area contributed by atoms with Crippen LogP contribution in [-0.4, -0.2) is 29.2 Å². The molecule has 0 spiro atoms. The van der Waals surface area contributed by atoms with E-state index in [2.05, 4.69) is 0 Å². The largest absolute Gasteiger partial charge is 0.348 e. The highest BCUT2D eigenvalue weighted by Gasteiger charge is 2.64. The van der Waals surface area contributed by atoms with Gasteiger partial charge >= 0.3 is 0 Å². The zero-order chi connectivity index (χ0) is 8.81. The van der Waals surface area contributed by atoms with Gasteiger partial charge in [0.25, 0.3) is 0 Å². The fourth-order valence-corrected chi connectivity index (χ4v) is 1.83. The van der Waals surface area contributed by atoms with E-state index < -0.39 is 4.33 Å². The Morgan fingerprint density at radius 3 is 1.91 bits per heavy atom. The lowest BCUT2D eigenvalue weighted by molar-refractivity contribution is -0.130. The van der Waals surface area contributed by atoms with E-state index >= 15 is 0 Å². The van der Waals surface area contributed by atoms with Crippen molar-refractivity contribution in [1.29, 1.82) is 0 Å². The first kappa shape index (κ1) is 9.14. The Kier molecular flexibility index (Phi) is 2.10. The molecule has 1 rings (SSSR count). The average Bonchev–Trinajstić information content (AvgIpc) is 2.32. The van der Waals surface area contributed by atoms with Crippen LogP contribution in [-0.2, 0) is 4.79 Å². The molecule has 2 atom stereocenters. The Labute approximate surface area is 76.5 Å². The van der Waals surface area contributed by atoms with Crippen LogP contribution in [0.3, 0.4) is 0 Å². The number of carbonyl (C=O) groups excluding carboxylic acids is 1. The molecule has 1 fully saturated rings. The molecule has 0 radical (unpaired) electrons. The predicted octanol–water partition coefficient (Wildman–Crippen LogP) is 1.51. The van der Waals surface area contributed by atoms with E-state index in [-0.39, 0.29) is 17.7 Å². The lowest BCUT2D eigenvalue weighted by Gasteiger charge is -2.09. The SMILES string of the molecule is CC1C(C(=O)N(C)C)C1(Cl)Cl. The molecule has 0 aromatic rings. The van der Waals surface area contributed by atoms with Gasteiger partial charge in [-0.25, -0.2) is 0 Å². The molecule has 4 heteroatoms. The fourth-order valence-electron chi connectivity index (χ4n) is 1.14. The summed E-state index contributed by atoms with van der Waals surface area (Å²) in [5.41, 5.74) is 0. The number of nitrogens with zero attached hydrogens (tertiary/aromatic N) is 1. The van der Waals surface area contributed by atoms with Crippen LogP contribution in [0.15, 0.2) is 0 Å². The molecule has 0 aliphatic heterocycles. The Balaban J connectivity index is 2.61. The molecule has 64 valence electrons. The lowest BCUT2D eigenvalue weighted by atomic mass is 10.3. The summed E-state index contributed by atoms with van der Waals surface area (Å²) in [6.45, 7) is 1.88. The highest BCUT2D eigenvalue weighted by atomic mass is 35.5. The fraction of sp³-hybridized carbons (Fsp3) is 0.857. The van der Waals surface area contributed by atoms with Crippen LogP contribution in [0.25, 0.3) is 0 Å². The maximum atomic E-state index is 11.3. The number of rotatable bonds is 1. The van der Waals surface area contributed by atoms with Gasteiger partial charge < -0.3 is 4.90 Å². The average molecular weight is 196 g/mol. The summed E-state index contributed by atoms with van der Waals surface area (Å²) >= 11 is 11.6. The second kappa shape index (κ2) is 2.53. The smallest absolute Gasteiger partial charge is 0.228 e. The second-order valence-corrected chi connectivity index (χ2v) is 4.62. The van der Waals surface area contributed by atoms with Crippen molar-refractivity contribution < 1.29 is 4.79 Å². The highest BCUT2D eigenvalue weighted by molar-refractivity contribution is 6.52. The first-order valence-corrected chi connectivity index (χ1v) is 4.23. The number of hydrogen-bond acceptors (Lipinski definition) is 1. The van der Waals surface area contributed by atoms with Crippen molar-refractivity contribution >= 4 is 29.1 Å². The third kappa shape index (κ3) is 1.34. The van der Waals surface area contributed by atoms with Gasteiger partial charge in [0.15, 0.2) is 0 Å². The Bertz CT molecular complexity index is 191. The number of hydrogen-bond donors (Lipinski definition) is 0. The topological polar surface area (TPSA) is 20.3 Å². The van der Waals surface area contributed by atoms with E-state index in [1.165, 1.54) is 4.90 Å². The van der Waals surface area contributed by atoms with Gasteiger partial charge in [-0.05, 0) is 0 Å². The van der Waals surface area contributed by atoms with Gasteiger partial charge in [0.1, 0.15) is 4.33 Å². The zero-order valence-electron chi connectivity index (χ0n) is 6.77. The van der Waals surface area contributed by atoms with Crippen LogP contribution in [0.1, 0.15) is 6.92 Å². The maximum Gasteiger partial charge on any atom is 0.228 e. The van der Waals surface area contributed by atoms with Crippen molar-refractivity contribution in [3.05, 3.63) is 0 Å².